The van der Waals surface area contributed by atoms with Crippen LogP contribution in [0.25, 0.3) is 0 Å². The van der Waals surface area contributed by atoms with Gasteiger partial charge in [-0.25, -0.2) is 13.4 Å². The Bertz CT molecular complexity index is 1130. The Morgan fingerprint density at radius 3 is 2.71 bits per heavy atom. The number of hydrogen-bond donors (Lipinski definition) is 1. The lowest BCUT2D eigenvalue weighted by atomic mass is 9.97. The molecule has 3 rings (SSSR count). The number of rotatable bonds is 7. The number of aryl methyl sites for hydroxylation is 1. The van der Waals surface area contributed by atoms with Crippen molar-refractivity contribution < 1.29 is 18.0 Å². The summed E-state index contributed by atoms with van der Waals surface area (Å²) in [6.45, 7) is 3.68. The van der Waals surface area contributed by atoms with Crippen LogP contribution >= 0.6 is 23.1 Å². The standard InChI is InChI=1S/C20H22N4O4S3/c1-13-19(29-11-8-21)30-20(22-13)23-18(26)15-6-9-24(10-7-15)31(27,28)17-5-3-4-16(12-17)14(2)25/h3-5,12,15H,6-7,9-11H2,1-2H3,(H,22,23,26). The van der Waals surface area contributed by atoms with Crippen molar-refractivity contribution in [3.8, 4) is 6.07 Å². The van der Waals surface area contributed by atoms with Gasteiger partial charge in [0.05, 0.1) is 26.6 Å². The topological polar surface area (TPSA) is 120 Å². The van der Waals surface area contributed by atoms with Crippen LogP contribution in [0.2, 0.25) is 0 Å². The van der Waals surface area contributed by atoms with Gasteiger partial charge in [-0.2, -0.15) is 9.57 Å². The van der Waals surface area contributed by atoms with Gasteiger partial charge in [-0.05, 0) is 38.8 Å². The summed E-state index contributed by atoms with van der Waals surface area (Å²) in [7, 11) is -3.73. The number of nitrogens with one attached hydrogen (secondary N) is 1. The van der Waals surface area contributed by atoms with Crippen molar-refractivity contribution in [2.75, 3.05) is 24.2 Å². The van der Waals surface area contributed by atoms with Crippen LogP contribution in [0.3, 0.4) is 0 Å². The Morgan fingerprint density at radius 2 is 2.06 bits per heavy atom. The van der Waals surface area contributed by atoms with Crippen LogP contribution in [0.4, 0.5) is 5.13 Å². The number of Topliss-reactive ketones (excluding diaryl/α,β-unsaturated/α-hetero) is 1. The van der Waals surface area contributed by atoms with Gasteiger partial charge in [0.15, 0.2) is 10.9 Å². The second kappa shape index (κ2) is 9.91. The first-order chi connectivity index (χ1) is 14.7. The lowest BCUT2D eigenvalue weighted by molar-refractivity contribution is -0.120. The average Bonchev–Trinajstić information content (AvgIpc) is 3.11. The van der Waals surface area contributed by atoms with Crippen molar-refractivity contribution in [2.45, 2.75) is 35.8 Å². The summed E-state index contributed by atoms with van der Waals surface area (Å²) < 4.78 is 28.1. The fourth-order valence-electron chi connectivity index (χ4n) is 3.26. The molecule has 11 heteroatoms. The van der Waals surface area contributed by atoms with Crippen LogP contribution in [0.5, 0.6) is 0 Å². The van der Waals surface area contributed by atoms with E-state index in [1.165, 1.54) is 46.5 Å². The highest BCUT2D eigenvalue weighted by molar-refractivity contribution is 8.01. The molecule has 1 N–H and O–H groups in total. The minimum atomic E-state index is -3.73. The molecular formula is C20H22N4O4S3. The van der Waals surface area contributed by atoms with Crippen LogP contribution in [0.1, 0.15) is 35.8 Å². The molecule has 0 unspecified atom stereocenters. The van der Waals surface area contributed by atoms with Gasteiger partial charge in [0.1, 0.15) is 0 Å². The highest BCUT2D eigenvalue weighted by Crippen LogP contribution is 2.32. The van der Waals surface area contributed by atoms with Gasteiger partial charge in [0.2, 0.25) is 15.9 Å². The van der Waals surface area contributed by atoms with E-state index in [0.29, 0.717) is 29.3 Å². The number of anilines is 1. The minimum absolute atomic E-state index is 0.0868. The van der Waals surface area contributed by atoms with E-state index in [1.807, 2.05) is 6.92 Å². The van der Waals surface area contributed by atoms with Gasteiger partial charge in [-0.1, -0.05) is 35.2 Å². The van der Waals surface area contributed by atoms with E-state index in [0.717, 1.165) is 9.90 Å². The van der Waals surface area contributed by atoms with Gasteiger partial charge in [0, 0.05) is 24.6 Å². The molecule has 1 saturated heterocycles. The maximum Gasteiger partial charge on any atom is 0.243 e. The Hall–Kier alpha value is -2.26. The monoisotopic (exact) mass is 478 g/mol. The molecule has 0 aliphatic carbocycles. The number of nitrogens with zero attached hydrogens (tertiary/aromatic N) is 3. The zero-order valence-electron chi connectivity index (χ0n) is 17.1. The zero-order valence-corrected chi connectivity index (χ0v) is 19.6. The lowest BCUT2D eigenvalue weighted by Gasteiger charge is -2.30. The molecule has 1 aliphatic heterocycles. The fourth-order valence-corrected chi connectivity index (χ4v) is 6.58. The highest BCUT2D eigenvalue weighted by Gasteiger charge is 2.32. The van der Waals surface area contributed by atoms with Crippen LogP contribution < -0.4 is 5.32 Å². The molecule has 0 atom stereocenters. The van der Waals surface area contributed by atoms with Crippen molar-refractivity contribution in [3.05, 3.63) is 35.5 Å². The number of thioether (sulfide) groups is 1. The Balaban J connectivity index is 1.61. The Labute approximate surface area is 189 Å². The first-order valence-corrected chi connectivity index (χ1v) is 12.9. The molecule has 0 spiro atoms. The molecule has 1 fully saturated rings. The average molecular weight is 479 g/mol. The molecule has 0 saturated carbocycles. The van der Waals surface area contributed by atoms with Gasteiger partial charge in [-0.3, -0.25) is 9.59 Å². The summed E-state index contributed by atoms with van der Waals surface area (Å²) in [5.41, 5.74) is 1.12. The molecule has 1 amide bonds. The van der Waals surface area contributed by atoms with Crippen LogP contribution in [0, 0.1) is 24.2 Å². The molecule has 2 heterocycles. The molecule has 164 valence electrons. The number of nitriles is 1. The maximum atomic E-state index is 12.9. The number of thiazole rings is 1. The minimum Gasteiger partial charge on any atom is -0.302 e. The third kappa shape index (κ3) is 5.51. The molecule has 0 radical (unpaired) electrons. The number of carbonyl (C=O) groups excluding carboxylic acids is 2. The second-order valence-corrected chi connectivity index (χ2v) is 11.3. The predicted molar refractivity (Wildman–Crippen MR) is 120 cm³/mol. The number of ketones is 1. The summed E-state index contributed by atoms with van der Waals surface area (Å²) in [4.78, 5) is 28.6. The van der Waals surface area contributed by atoms with E-state index < -0.39 is 10.0 Å². The molecule has 2 aromatic rings. The summed E-state index contributed by atoms with van der Waals surface area (Å²) in [5, 5.41) is 12.0. The van der Waals surface area contributed by atoms with E-state index in [4.69, 9.17) is 5.26 Å². The first kappa shape index (κ1) is 23.4. The molecule has 31 heavy (non-hydrogen) atoms. The van der Waals surface area contributed by atoms with Crippen molar-refractivity contribution in [1.29, 1.82) is 5.26 Å². The molecule has 0 bridgehead atoms. The molecule has 1 aliphatic rings. The number of carbonyl (C=O) groups is 2. The third-order valence-corrected chi connectivity index (χ3v) is 9.15. The van der Waals surface area contributed by atoms with E-state index in [2.05, 4.69) is 16.4 Å². The number of sulfonamides is 1. The number of benzene rings is 1. The molecule has 8 nitrogen and oxygen atoms in total. The first-order valence-electron chi connectivity index (χ1n) is 9.61. The lowest BCUT2D eigenvalue weighted by Crippen LogP contribution is -2.41. The van der Waals surface area contributed by atoms with Gasteiger partial charge < -0.3 is 5.32 Å². The quantitative estimate of drug-likeness (QED) is 0.479. The summed E-state index contributed by atoms with van der Waals surface area (Å²) >= 11 is 2.72. The Kier molecular flexibility index (Phi) is 7.48. The SMILES string of the molecule is CC(=O)c1cccc(S(=O)(=O)N2CCC(C(=O)Nc3nc(C)c(SCC#N)s3)CC2)c1. The van der Waals surface area contributed by atoms with Crippen molar-refractivity contribution in [2.24, 2.45) is 5.92 Å². The van der Waals surface area contributed by atoms with Crippen LogP contribution in [-0.4, -0.2) is 48.2 Å². The number of hydrogen-bond acceptors (Lipinski definition) is 8. The smallest absolute Gasteiger partial charge is 0.243 e. The number of piperidine rings is 1. The summed E-state index contributed by atoms with van der Waals surface area (Å²) in [6.07, 6.45) is 0.801. The van der Waals surface area contributed by atoms with E-state index in [9.17, 15) is 18.0 Å². The van der Waals surface area contributed by atoms with E-state index in [-0.39, 0.29) is 35.6 Å². The van der Waals surface area contributed by atoms with Gasteiger partial charge in [-0.15, -0.1) is 0 Å². The summed E-state index contributed by atoms with van der Waals surface area (Å²) in [5.74, 6) is -0.367. The van der Waals surface area contributed by atoms with E-state index >= 15 is 0 Å². The van der Waals surface area contributed by atoms with Crippen LogP contribution in [0.15, 0.2) is 33.4 Å². The van der Waals surface area contributed by atoms with Gasteiger partial charge >= 0.3 is 0 Å². The zero-order chi connectivity index (χ0) is 22.6. The number of amides is 1. The van der Waals surface area contributed by atoms with Crippen molar-refractivity contribution in [1.82, 2.24) is 9.29 Å². The molecular weight excluding hydrogens is 456 g/mol. The fraction of sp³-hybridized carbons (Fsp3) is 0.400. The Morgan fingerprint density at radius 1 is 1.35 bits per heavy atom. The largest absolute Gasteiger partial charge is 0.302 e. The number of aromatic nitrogens is 1. The van der Waals surface area contributed by atoms with Crippen LogP contribution in [-0.2, 0) is 14.8 Å². The normalized spacial score (nSPS) is 15.4. The highest BCUT2D eigenvalue weighted by atomic mass is 32.2. The maximum absolute atomic E-state index is 12.9. The molecule has 1 aromatic carbocycles. The summed E-state index contributed by atoms with van der Waals surface area (Å²) in [6, 6.07) is 8.08. The van der Waals surface area contributed by atoms with Crippen molar-refractivity contribution in [3.63, 3.8) is 0 Å². The van der Waals surface area contributed by atoms with Crippen molar-refractivity contribution >= 4 is 49.9 Å². The second-order valence-electron chi connectivity index (χ2n) is 7.09. The van der Waals surface area contributed by atoms with Gasteiger partial charge in [0.25, 0.3) is 0 Å². The predicted octanol–water partition coefficient (Wildman–Crippen LogP) is 3.31. The third-order valence-electron chi connectivity index (χ3n) is 4.96. The van der Waals surface area contributed by atoms with E-state index in [1.54, 1.807) is 12.1 Å². The molecule has 1 aromatic heterocycles.